The number of halogens is 1. The third-order valence-electron chi connectivity index (χ3n) is 3.43. The smallest absolute Gasteiger partial charge is 0.0299 e. The van der Waals surface area contributed by atoms with Crippen LogP contribution in [0.2, 0.25) is 0 Å². The average molecular weight is 367 g/mol. The lowest BCUT2D eigenvalue weighted by atomic mass is 10.2. The molecule has 4 heteroatoms. The van der Waals surface area contributed by atoms with E-state index < -0.39 is 0 Å². The highest BCUT2D eigenvalue weighted by molar-refractivity contribution is 9.10. The van der Waals surface area contributed by atoms with E-state index in [1.54, 1.807) is 0 Å². The summed E-state index contributed by atoms with van der Waals surface area (Å²) in [6.45, 7) is 8.36. The maximum Gasteiger partial charge on any atom is 0.0299 e. The average Bonchev–Trinajstić information content (AvgIpc) is 2.79. The molecule has 0 radical (unpaired) electrons. The molecule has 2 aromatic rings. The number of nitrogens with zero attached hydrogens (tertiary/aromatic N) is 1. The predicted octanol–water partition coefficient (Wildman–Crippen LogP) is 4.56. The maximum atomic E-state index is 3.48. The largest absolute Gasteiger partial charge is 0.312 e. The van der Waals surface area contributed by atoms with Crippen molar-refractivity contribution in [1.29, 1.82) is 0 Å². The first kappa shape index (κ1) is 16.7. The number of nitrogens with one attached hydrogen (secondary N) is 1. The Hall–Kier alpha value is -0.680. The van der Waals surface area contributed by atoms with Crippen LogP contribution in [0.1, 0.15) is 27.8 Å². The van der Waals surface area contributed by atoms with Crippen LogP contribution in [0.3, 0.4) is 0 Å². The molecular weight excluding hydrogens is 344 g/mol. The number of aryl methyl sites for hydroxylation is 1. The summed E-state index contributed by atoms with van der Waals surface area (Å²) in [5.74, 6) is 0. The van der Waals surface area contributed by atoms with E-state index in [1.807, 2.05) is 11.3 Å². The minimum atomic E-state index is 0.977. The highest BCUT2D eigenvalue weighted by Crippen LogP contribution is 2.23. The lowest BCUT2D eigenvalue weighted by Gasteiger charge is -2.16. The standard InChI is InChI=1S/C17H23BrN2S/c1-4-19-10-17-9-15(13(2)21-17)12-20(3)11-14-5-7-16(18)8-6-14/h5-9,19H,4,10-12H2,1-3H3. The number of benzene rings is 1. The molecular formula is C17H23BrN2S. The fraction of sp³-hybridized carbons (Fsp3) is 0.412. The van der Waals surface area contributed by atoms with Crippen LogP contribution in [0.5, 0.6) is 0 Å². The molecule has 0 bridgehead atoms. The van der Waals surface area contributed by atoms with Crippen LogP contribution in [0, 0.1) is 6.92 Å². The summed E-state index contributed by atoms with van der Waals surface area (Å²) in [5, 5.41) is 3.40. The molecule has 0 unspecified atom stereocenters. The summed E-state index contributed by atoms with van der Waals surface area (Å²) >= 11 is 5.39. The Kier molecular flexibility index (Phi) is 6.42. The van der Waals surface area contributed by atoms with Crippen LogP contribution in [0.25, 0.3) is 0 Å². The molecule has 0 atom stereocenters. The zero-order valence-electron chi connectivity index (χ0n) is 12.9. The monoisotopic (exact) mass is 366 g/mol. The van der Waals surface area contributed by atoms with Crippen LogP contribution in [-0.4, -0.2) is 18.5 Å². The Morgan fingerprint density at radius 1 is 1.19 bits per heavy atom. The molecule has 0 fully saturated rings. The Balaban J connectivity index is 1.94. The molecule has 0 saturated heterocycles. The van der Waals surface area contributed by atoms with Crippen molar-refractivity contribution in [2.24, 2.45) is 0 Å². The van der Waals surface area contributed by atoms with Gasteiger partial charge in [-0.15, -0.1) is 11.3 Å². The first-order valence-electron chi connectivity index (χ1n) is 7.30. The maximum absolute atomic E-state index is 3.48. The van der Waals surface area contributed by atoms with Gasteiger partial charge in [-0.05, 0) is 49.8 Å². The van der Waals surface area contributed by atoms with Gasteiger partial charge >= 0.3 is 0 Å². The minimum absolute atomic E-state index is 0.977. The molecule has 0 aliphatic heterocycles. The molecule has 0 saturated carbocycles. The number of hydrogen-bond donors (Lipinski definition) is 1. The van der Waals surface area contributed by atoms with E-state index in [-0.39, 0.29) is 0 Å². The molecule has 1 heterocycles. The summed E-state index contributed by atoms with van der Waals surface area (Å²) in [7, 11) is 2.18. The Morgan fingerprint density at radius 3 is 2.57 bits per heavy atom. The van der Waals surface area contributed by atoms with Gasteiger partial charge in [-0.25, -0.2) is 0 Å². The second-order valence-corrected chi connectivity index (χ2v) is 7.63. The molecule has 2 nitrogen and oxygen atoms in total. The van der Waals surface area contributed by atoms with E-state index in [0.717, 1.165) is 30.7 Å². The second kappa shape index (κ2) is 8.08. The highest BCUT2D eigenvalue weighted by atomic mass is 79.9. The molecule has 21 heavy (non-hydrogen) atoms. The number of hydrogen-bond acceptors (Lipinski definition) is 3. The third kappa shape index (κ3) is 5.22. The SMILES string of the molecule is CCNCc1cc(CN(C)Cc2ccc(Br)cc2)c(C)s1. The normalized spacial score (nSPS) is 11.3. The van der Waals surface area contributed by atoms with Crippen molar-refractivity contribution in [3.63, 3.8) is 0 Å². The van der Waals surface area contributed by atoms with Crippen LogP contribution in [0.4, 0.5) is 0 Å². The Morgan fingerprint density at radius 2 is 1.90 bits per heavy atom. The van der Waals surface area contributed by atoms with E-state index in [1.165, 1.54) is 20.9 Å². The number of thiophene rings is 1. The van der Waals surface area contributed by atoms with Gasteiger partial charge in [0.15, 0.2) is 0 Å². The van der Waals surface area contributed by atoms with E-state index in [2.05, 4.69) is 77.4 Å². The van der Waals surface area contributed by atoms with E-state index in [0.29, 0.717) is 0 Å². The van der Waals surface area contributed by atoms with Gasteiger partial charge in [0.25, 0.3) is 0 Å². The zero-order valence-corrected chi connectivity index (χ0v) is 15.4. The van der Waals surface area contributed by atoms with Gasteiger partial charge in [0.1, 0.15) is 0 Å². The van der Waals surface area contributed by atoms with E-state index >= 15 is 0 Å². The molecule has 1 aromatic heterocycles. The number of rotatable bonds is 7. The first-order valence-corrected chi connectivity index (χ1v) is 8.91. The van der Waals surface area contributed by atoms with Crippen LogP contribution in [0.15, 0.2) is 34.8 Å². The van der Waals surface area contributed by atoms with Gasteiger partial charge in [0.05, 0.1) is 0 Å². The molecule has 0 amide bonds. The van der Waals surface area contributed by atoms with Crippen LogP contribution >= 0.6 is 27.3 Å². The van der Waals surface area contributed by atoms with Crippen molar-refractivity contribution in [2.45, 2.75) is 33.5 Å². The van der Waals surface area contributed by atoms with Gasteiger partial charge in [-0.2, -0.15) is 0 Å². The van der Waals surface area contributed by atoms with Crippen molar-refractivity contribution < 1.29 is 0 Å². The summed E-state index contributed by atoms with van der Waals surface area (Å²) in [6, 6.07) is 10.9. The topological polar surface area (TPSA) is 15.3 Å². The van der Waals surface area contributed by atoms with E-state index in [9.17, 15) is 0 Å². The fourth-order valence-corrected chi connectivity index (χ4v) is 3.62. The van der Waals surface area contributed by atoms with Crippen molar-refractivity contribution in [2.75, 3.05) is 13.6 Å². The molecule has 2 rings (SSSR count). The van der Waals surface area contributed by atoms with Crippen molar-refractivity contribution in [3.05, 3.63) is 55.7 Å². The summed E-state index contributed by atoms with van der Waals surface area (Å²) < 4.78 is 1.13. The third-order valence-corrected chi connectivity index (χ3v) is 5.05. The Bertz CT molecular complexity index is 563. The zero-order chi connectivity index (χ0) is 15.2. The van der Waals surface area contributed by atoms with Crippen LogP contribution < -0.4 is 5.32 Å². The van der Waals surface area contributed by atoms with Crippen molar-refractivity contribution in [3.8, 4) is 0 Å². The fourth-order valence-electron chi connectivity index (χ4n) is 2.33. The summed E-state index contributed by atoms with van der Waals surface area (Å²) in [5.41, 5.74) is 2.80. The molecule has 114 valence electrons. The molecule has 0 aliphatic rings. The highest BCUT2D eigenvalue weighted by Gasteiger charge is 2.08. The van der Waals surface area contributed by atoms with E-state index in [4.69, 9.17) is 0 Å². The molecule has 1 N–H and O–H groups in total. The summed E-state index contributed by atoms with van der Waals surface area (Å²) in [4.78, 5) is 5.24. The van der Waals surface area contributed by atoms with Gasteiger partial charge < -0.3 is 5.32 Å². The van der Waals surface area contributed by atoms with Crippen molar-refractivity contribution >= 4 is 27.3 Å². The quantitative estimate of drug-likeness (QED) is 0.772. The van der Waals surface area contributed by atoms with Gasteiger partial charge in [0, 0.05) is 33.9 Å². The first-order chi connectivity index (χ1) is 10.1. The molecule has 0 spiro atoms. The summed E-state index contributed by atoms with van der Waals surface area (Å²) in [6.07, 6.45) is 0. The Labute approximate surface area is 140 Å². The van der Waals surface area contributed by atoms with Gasteiger partial charge in [-0.3, -0.25) is 4.90 Å². The molecule has 1 aromatic carbocycles. The molecule has 0 aliphatic carbocycles. The van der Waals surface area contributed by atoms with Crippen LogP contribution in [-0.2, 0) is 19.6 Å². The van der Waals surface area contributed by atoms with Gasteiger partial charge in [-0.1, -0.05) is 35.0 Å². The lowest BCUT2D eigenvalue weighted by Crippen LogP contribution is -2.17. The predicted molar refractivity (Wildman–Crippen MR) is 95.7 cm³/mol. The second-order valence-electron chi connectivity index (χ2n) is 5.37. The van der Waals surface area contributed by atoms with Crippen molar-refractivity contribution in [1.82, 2.24) is 10.2 Å². The lowest BCUT2D eigenvalue weighted by molar-refractivity contribution is 0.319. The minimum Gasteiger partial charge on any atom is -0.312 e. The van der Waals surface area contributed by atoms with Gasteiger partial charge in [0.2, 0.25) is 0 Å².